The topological polar surface area (TPSA) is 17.1 Å². The first-order valence-corrected chi connectivity index (χ1v) is 7.96. The van der Waals surface area contributed by atoms with Crippen LogP contribution in [0.5, 0.6) is 0 Å². The Morgan fingerprint density at radius 1 is 1.40 bits per heavy atom. The third kappa shape index (κ3) is 5.39. The van der Waals surface area contributed by atoms with E-state index in [4.69, 9.17) is 0 Å². The monoisotopic (exact) mass is 250 g/mol. The predicted octanol–water partition coefficient (Wildman–Crippen LogP) is 2.40. The van der Waals surface area contributed by atoms with Crippen LogP contribution in [0.25, 0.3) is 0 Å². The molecule has 0 aromatic heterocycles. The van der Waals surface area contributed by atoms with Gasteiger partial charge in [0, 0.05) is 0 Å². The van der Waals surface area contributed by atoms with Crippen molar-refractivity contribution in [3.05, 3.63) is 0 Å². The van der Waals surface area contributed by atoms with E-state index in [1.807, 2.05) is 0 Å². The van der Waals surface area contributed by atoms with Crippen molar-refractivity contribution >= 4 is 21.1 Å². The number of rotatable bonds is 6. The molecule has 1 atom stereocenters. The van der Waals surface area contributed by atoms with Crippen molar-refractivity contribution < 1.29 is 3.08 Å². The van der Waals surface area contributed by atoms with Crippen LogP contribution in [0.15, 0.2) is 0 Å². The molecule has 1 unspecified atom stereocenters. The molecule has 0 heterocycles. The quantitative estimate of drug-likeness (QED) is 0.660. The minimum atomic E-state index is -1.30. The molecule has 0 rings (SSSR count). The Bertz CT molecular complexity index is 83.3. The fourth-order valence-corrected chi connectivity index (χ4v) is 3.52. The number of hydrogen-bond acceptors (Lipinski definition) is 1. The third-order valence-electron chi connectivity index (χ3n) is 1.97. The van der Waals surface area contributed by atoms with Gasteiger partial charge in [0.05, 0.1) is 0 Å². The molecule has 0 bridgehead atoms. The molecule has 0 aliphatic carbocycles. The van der Waals surface area contributed by atoms with Crippen LogP contribution in [0.2, 0.25) is 4.44 Å². The van der Waals surface area contributed by atoms with Crippen LogP contribution in [0, 0.1) is 5.92 Å². The molecule has 0 saturated carbocycles. The van der Waals surface area contributed by atoms with E-state index in [0.717, 1.165) is 10.4 Å². The number of unbranched alkanes of at least 4 members (excludes halogenated alkanes) is 1. The molecule has 0 N–H and O–H groups in total. The van der Waals surface area contributed by atoms with E-state index in [1.54, 1.807) is 0 Å². The summed E-state index contributed by atoms with van der Waals surface area (Å²) in [7, 11) is 0. The fraction of sp³-hybridized carbons (Fsp3) is 1.00. The Morgan fingerprint density at radius 2 is 2.10 bits per heavy atom. The zero-order valence-electron chi connectivity index (χ0n) is 7.10. The van der Waals surface area contributed by atoms with Crippen molar-refractivity contribution in [2.45, 2.75) is 44.0 Å². The summed E-state index contributed by atoms with van der Waals surface area (Å²) in [5.74, 6) is 0.790. The molecule has 0 spiro atoms. The van der Waals surface area contributed by atoms with Crippen molar-refractivity contribution in [3.8, 4) is 0 Å². The molecule has 2 heteroatoms. The standard InChI is InChI=1S/C8H17.O.Sn.H/c1-4-6-7-8(3)5-2;;;/h8H,3-7H2,1-2H3;;;. The van der Waals surface area contributed by atoms with Crippen LogP contribution < -0.4 is 0 Å². The summed E-state index contributed by atoms with van der Waals surface area (Å²) in [5.41, 5.74) is 0. The van der Waals surface area contributed by atoms with Crippen LogP contribution in [0.4, 0.5) is 0 Å². The van der Waals surface area contributed by atoms with Gasteiger partial charge in [-0.3, -0.25) is 0 Å². The molecule has 0 aromatic carbocycles. The summed E-state index contributed by atoms with van der Waals surface area (Å²) in [6.07, 6.45) is 5.14. The van der Waals surface area contributed by atoms with Gasteiger partial charge in [0.2, 0.25) is 0 Å². The van der Waals surface area contributed by atoms with E-state index in [1.165, 1.54) is 25.7 Å². The second-order valence-electron chi connectivity index (χ2n) is 2.82. The van der Waals surface area contributed by atoms with E-state index in [2.05, 4.69) is 13.8 Å². The van der Waals surface area contributed by atoms with Gasteiger partial charge in [-0.25, -0.2) is 0 Å². The van der Waals surface area contributed by atoms with Crippen molar-refractivity contribution in [3.63, 3.8) is 0 Å². The Hall–Kier alpha value is 0.599. The average molecular weight is 249 g/mol. The third-order valence-corrected chi connectivity index (χ3v) is 4.42. The first kappa shape index (κ1) is 10.6. The van der Waals surface area contributed by atoms with Gasteiger partial charge in [0.1, 0.15) is 0 Å². The SMILES string of the molecule is CCCCC(CC)[CH2][SnH]=[O]. The van der Waals surface area contributed by atoms with Gasteiger partial charge in [-0.15, -0.1) is 0 Å². The summed E-state index contributed by atoms with van der Waals surface area (Å²) in [6.45, 7) is 4.42. The van der Waals surface area contributed by atoms with Gasteiger partial charge in [-0.2, -0.15) is 0 Å². The molecule has 10 heavy (non-hydrogen) atoms. The minimum absolute atomic E-state index is 0.790. The zero-order valence-corrected chi connectivity index (χ0v) is 10.4. The Kier molecular flexibility index (Phi) is 8.16. The van der Waals surface area contributed by atoms with E-state index < -0.39 is 21.1 Å². The Balaban J connectivity index is 3.29. The zero-order chi connectivity index (χ0) is 7.82. The maximum atomic E-state index is 10.5. The summed E-state index contributed by atoms with van der Waals surface area (Å²) in [5, 5.41) is 0. The molecule has 0 fully saturated rings. The van der Waals surface area contributed by atoms with E-state index in [9.17, 15) is 3.08 Å². The van der Waals surface area contributed by atoms with Gasteiger partial charge in [0.15, 0.2) is 0 Å². The summed E-state index contributed by atoms with van der Waals surface area (Å²) in [4.78, 5) is 0. The van der Waals surface area contributed by atoms with Gasteiger partial charge in [0.25, 0.3) is 0 Å². The van der Waals surface area contributed by atoms with Crippen LogP contribution in [-0.4, -0.2) is 21.1 Å². The second kappa shape index (κ2) is 7.70. The van der Waals surface area contributed by atoms with Crippen molar-refractivity contribution in [2.24, 2.45) is 5.92 Å². The molecule has 0 aliphatic heterocycles. The molecular weight excluding hydrogens is 231 g/mol. The van der Waals surface area contributed by atoms with E-state index >= 15 is 0 Å². The van der Waals surface area contributed by atoms with Crippen LogP contribution in [0.3, 0.4) is 0 Å². The first-order valence-electron chi connectivity index (χ1n) is 4.28. The maximum absolute atomic E-state index is 10.5. The molecule has 0 amide bonds. The van der Waals surface area contributed by atoms with Gasteiger partial charge < -0.3 is 0 Å². The van der Waals surface area contributed by atoms with Crippen LogP contribution in [0.1, 0.15) is 39.5 Å². The molecule has 0 radical (unpaired) electrons. The van der Waals surface area contributed by atoms with Gasteiger partial charge in [-0.05, 0) is 0 Å². The number of hydrogen-bond donors (Lipinski definition) is 0. The van der Waals surface area contributed by atoms with E-state index in [0.29, 0.717) is 0 Å². The predicted molar refractivity (Wildman–Crippen MR) is 45.9 cm³/mol. The first-order chi connectivity index (χ1) is 4.85. The average Bonchev–Trinajstić information content (AvgIpc) is 1.98. The molecule has 1 nitrogen and oxygen atoms in total. The fourth-order valence-electron chi connectivity index (χ4n) is 1.12. The molecule has 60 valence electrons. The summed E-state index contributed by atoms with van der Waals surface area (Å²) in [6, 6.07) is 0. The van der Waals surface area contributed by atoms with Crippen molar-refractivity contribution in [1.29, 1.82) is 0 Å². The normalized spacial score (nSPS) is 13.0. The second-order valence-corrected chi connectivity index (χ2v) is 5.12. The molecule has 0 aliphatic rings. The van der Waals surface area contributed by atoms with Crippen LogP contribution >= 0.6 is 0 Å². The van der Waals surface area contributed by atoms with Crippen molar-refractivity contribution in [1.82, 2.24) is 0 Å². The van der Waals surface area contributed by atoms with E-state index in [-0.39, 0.29) is 0 Å². The van der Waals surface area contributed by atoms with Crippen molar-refractivity contribution in [2.75, 3.05) is 0 Å². The summed E-state index contributed by atoms with van der Waals surface area (Å²) >= 11 is -1.30. The molecular formula is C8H18OSn. The molecule has 0 saturated heterocycles. The van der Waals surface area contributed by atoms with Gasteiger partial charge in [-0.1, -0.05) is 0 Å². The summed E-state index contributed by atoms with van der Waals surface area (Å²) < 4.78 is 11.5. The van der Waals surface area contributed by atoms with Crippen LogP contribution in [-0.2, 0) is 3.08 Å². The molecule has 0 aromatic rings. The Morgan fingerprint density at radius 3 is 2.50 bits per heavy atom. The Labute approximate surface area is 74.2 Å². The van der Waals surface area contributed by atoms with Gasteiger partial charge >= 0.3 is 74.1 Å².